The maximum atomic E-state index is 11.4. The van der Waals surface area contributed by atoms with Crippen LogP contribution in [-0.2, 0) is 11.2 Å². The van der Waals surface area contributed by atoms with Crippen molar-refractivity contribution < 1.29 is 14.6 Å². The van der Waals surface area contributed by atoms with E-state index in [0.717, 1.165) is 0 Å². The third-order valence-electron chi connectivity index (χ3n) is 2.80. The Morgan fingerprint density at radius 1 is 1.10 bits per heavy atom. The first-order valence-electron chi connectivity index (χ1n) is 6.05. The van der Waals surface area contributed by atoms with Crippen molar-refractivity contribution in [3.05, 3.63) is 63.1 Å². The quantitative estimate of drug-likeness (QED) is 0.852. The van der Waals surface area contributed by atoms with E-state index in [4.69, 9.17) is 39.5 Å². The number of hydrogen-bond donors (Lipinski definition) is 1. The number of carbonyl (C=O) groups is 1. The molecule has 0 aliphatic rings. The third-order valence-corrected chi connectivity index (χ3v) is 3.70. The van der Waals surface area contributed by atoms with Gasteiger partial charge in [0.05, 0.1) is 5.02 Å². The molecule has 0 unspecified atom stereocenters. The predicted molar refractivity (Wildman–Crippen MR) is 83.7 cm³/mol. The average molecular weight is 346 g/mol. The second-order valence-electron chi connectivity index (χ2n) is 4.32. The molecule has 0 saturated heterocycles. The van der Waals surface area contributed by atoms with Crippen molar-refractivity contribution in [2.45, 2.75) is 12.5 Å². The summed E-state index contributed by atoms with van der Waals surface area (Å²) >= 11 is 17.8. The monoisotopic (exact) mass is 344 g/mol. The maximum Gasteiger partial charge on any atom is 0.345 e. The first kappa shape index (κ1) is 16.0. The zero-order valence-electron chi connectivity index (χ0n) is 10.7. The van der Waals surface area contributed by atoms with Crippen LogP contribution in [0.1, 0.15) is 5.56 Å². The molecule has 0 aliphatic carbocycles. The highest BCUT2D eigenvalue weighted by Gasteiger charge is 2.22. The highest BCUT2D eigenvalue weighted by molar-refractivity contribution is 6.35. The number of halogens is 3. The first-order valence-corrected chi connectivity index (χ1v) is 7.18. The third kappa shape index (κ3) is 4.27. The molecular formula is C15H11Cl3O3. The molecule has 2 rings (SSSR count). The molecule has 0 saturated carbocycles. The Balaban J connectivity index is 2.20. The summed E-state index contributed by atoms with van der Waals surface area (Å²) in [7, 11) is 0. The number of carboxylic acids is 1. The lowest BCUT2D eigenvalue weighted by molar-refractivity contribution is -0.145. The average Bonchev–Trinajstić information content (AvgIpc) is 2.42. The maximum absolute atomic E-state index is 11.4. The normalized spacial score (nSPS) is 12.0. The summed E-state index contributed by atoms with van der Waals surface area (Å²) in [6.45, 7) is 0. The molecule has 0 fully saturated rings. The van der Waals surface area contributed by atoms with Gasteiger partial charge in [-0.2, -0.15) is 0 Å². The molecule has 3 nitrogen and oxygen atoms in total. The van der Waals surface area contributed by atoms with Crippen LogP contribution in [0.15, 0.2) is 42.5 Å². The van der Waals surface area contributed by atoms with Crippen LogP contribution in [0.5, 0.6) is 5.75 Å². The van der Waals surface area contributed by atoms with Crippen molar-refractivity contribution in [2.75, 3.05) is 0 Å². The fourth-order valence-electron chi connectivity index (χ4n) is 1.76. The lowest BCUT2D eigenvalue weighted by Gasteiger charge is -2.16. The summed E-state index contributed by atoms with van der Waals surface area (Å²) in [4.78, 5) is 11.4. The second kappa shape index (κ2) is 7.03. The molecule has 110 valence electrons. The van der Waals surface area contributed by atoms with Gasteiger partial charge in [0.1, 0.15) is 5.75 Å². The Morgan fingerprint density at radius 3 is 2.43 bits per heavy atom. The highest BCUT2D eigenvalue weighted by Crippen LogP contribution is 2.27. The van der Waals surface area contributed by atoms with Crippen molar-refractivity contribution >= 4 is 40.8 Å². The smallest absolute Gasteiger partial charge is 0.345 e. The van der Waals surface area contributed by atoms with Crippen LogP contribution in [0.25, 0.3) is 0 Å². The molecule has 2 aromatic rings. The second-order valence-corrected chi connectivity index (χ2v) is 5.57. The van der Waals surface area contributed by atoms with Crippen molar-refractivity contribution in [1.29, 1.82) is 0 Å². The van der Waals surface area contributed by atoms with Gasteiger partial charge in [-0.1, -0.05) is 53.0 Å². The van der Waals surface area contributed by atoms with Gasteiger partial charge in [0, 0.05) is 16.5 Å². The predicted octanol–water partition coefficient (Wildman–Crippen LogP) is 4.72. The van der Waals surface area contributed by atoms with E-state index in [1.54, 1.807) is 42.5 Å². The lowest BCUT2D eigenvalue weighted by atomic mass is 10.1. The Labute approximate surface area is 137 Å². The Kier molecular flexibility index (Phi) is 5.34. The van der Waals surface area contributed by atoms with Crippen molar-refractivity contribution in [1.82, 2.24) is 0 Å². The van der Waals surface area contributed by atoms with Gasteiger partial charge in [-0.25, -0.2) is 4.79 Å². The van der Waals surface area contributed by atoms with Gasteiger partial charge < -0.3 is 9.84 Å². The van der Waals surface area contributed by atoms with Gasteiger partial charge in [0.15, 0.2) is 6.10 Å². The van der Waals surface area contributed by atoms with Gasteiger partial charge in [0.25, 0.3) is 0 Å². The van der Waals surface area contributed by atoms with E-state index in [2.05, 4.69) is 0 Å². The Hall–Kier alpha value is -1.42. The molecule has 0 aliphatic heterocycles. The topological polar surface area (TPSA) is 46.5 Å². The van der Waals surface area contributed by atoms with Gasteiger partial charge in [0.2, 0.25) is 0 Å². The molecule has 21 heavy (non-hydrogen) atoms. The Bertz CT molecular complexity index is 658. The highest BCUT2D eigenvalue weighted by atomic mass is 35.5. The van der Waals surface area contributed by atoms with Gasteiger partial charge in [-0.3, -0.25) is 0 Å². The number of hydrogen-bond acceptors (Lipinski definition) is 2. The molecule has 0 heterocycles. The standard InChI is InChI=1S/C15H11Cl3O3/c16-10-6-5-9(12(18)8-10)7-14(15(19)20)21-13-4-2-1-3-11(13)17/h1-6,8,14H,7H2,(H,19,20)/t14-/m1/s1. The molecule has 0 radical (unpaired) electrons. The molecule has 0 bridgehead atoms. The summed E-state index contributed by atoms with van der Waals surface area (Å²) in [5, 5.41) is 10.5. The van der Waals surface area contributed by atoms with Gasteiger partial charge in [-0.15, -0.1) is 0 Å². The van der Waals surface area contributed by atoms with Crippen LogP contribution >= 0.6 is 34.8 Å². The van der Waals surface area contributed by atoms with Crippen LogP contribution in [-0.4, -0.2) is 17.2 Å². The van der Waals surface area contributed by atoms with Crippen molar-refractivity contribution in [2.24, 2.45) is 0 Å². The molecule has 0 amide bonds. The van der Waals surface area contributed by atoms with E-state index < -0.39 is 12.1 Å². The molecular weight excluding hydrogens is 335 g/mol. The van der Waals surface area contributed by atoms with Gasteiger partial charge in [-0.05, 0) is 29.8 Å². The zero-order valence-corrected chi connectivity index (χ0v) is 13.0. The van der Waals surface area contributed by atoms with E-state index in [-0.39, 0.29) is 6.42 Å². The number of para-hydroxylation sites is 1. The minimum absolute atomic E-state index is 0.108. The van der Waals surface area contributed by atoms with Crippen LogP contribution in [0.4, 0.5) is 0 Å². The summed E-state index contributed by atoms with van der Waals surface area (Å²) in [6.07, 6.45) is -0.986. The SMILES string of the molecule is O=C(O)[C@@H](Cc1ccc(Cl)cc1Cl)Oc1ccccc1Cl. The molecule has 0 aromatic heterocycles. The molecule has 1 N–H and O–H groups in total. The molecule has 6 heteroatoms. The minimum atomic E-state index is -1.10. The Morgan fingerprint density at radius 2 is 1.81 bits per heavy atom. The van der Waals surface area contributed by atoms with E-state index in [0.29, 0.717) is 26.4 Å². The van der Waals surface area contributed by atoms with Crippen LogP contribution in [0.3, 0.4) is 0 Å². The largest absolute Gasteiger partial charge is 0.478 e. The van der Waals surface area contributed by atoms with Crippen molar-refractivity contribution in [3.63, 3.8) is 0 Å². The molecule has 0 spiro atoms. The summed E-state index contributed by atoms with van der Waals surface area (Å²) in [6, 6.07) is 11.6. The van der Waals surface area contributed by atoms with Crippen molar-refractivity contribution in [3.8, 4) is 5.75 Å². The van der Waals surface area contributed by atoms with Crippen LogP contribution in [0.2, 0.25) is 15.1 Å². The van der Waals surface area contributed by atoms with E-state index in [1.807, 2.05) is 0 Å². The summed E-state index contributed by atoms with van der Waals surface area (Å²) in [5.74, 6) is -0.780. The number of aliphatic carboxylic acids is 1. The number of benzene rings is 2. The van der Waals surface area contributed by atoms with Crippen LogP contribution in [0, 0.1) is 0 Å². The first-order chi connectivity index (χ1) is 9.97. The number of ether oxygens (including phenoxy) is 1. The fourth-order valence-corrected chi connectivity index (χ4v) is 2.43. The fraction of sp³-hybridized carbons (Fsp3) is 0.133. The van der Waals surface area contributed by atoms with E-state index >= 15 is 0 Å². The molecule has 1 atom stereocenters. The summed E-state index contributed by atoms with van der Waals surface area (Å²) in [5.41, 5.74) is 0.639. The zero-order chi connectivity index (χ0) is 15.4. The minimum Gasteiger partial charge on any atom is -0.478 e. The number of rotatable bonds is 5. The van der Waals surface area contributed by atoms with Crippen LogP contribution < -0.4 is 4.74 Å². The van der Waals surface area contributed by atoms with E-state index in [9.17, 15) is 9.90 Å². The molecule has 2 aromatic carbocycles. The van der Waals surface area contributed by atoms with E-state index in [1.165, 1.54) is 0 Å². The summed E-state index contributed by atoms with van der Waals surface area (Å²) < 4.78 is 5.47. The van der Waals surface area contributed by atoms with Gasteiger partial charge >= 0.3 is 5.97 Å². The number of carboxylic acid groups (broad SMARTS) is 1. The lowest BCUT2D eigenvalue weighted by Crippen LogP contribution is -2.29.